The van der Waals surface area contributed by atoms with E-state index >= 15 is 0 Å². The van der Waals surface area contributed by atoms with Crippen molar-refractivity contribution in [3.05, 3.63) is 41.7 Å². The second kappa shape index (κ2) is 6.23. The average Bonchev–Trinajstić information content (AvgIpc) is 2.78. The highest BCUT2D eigenvalue weighted by Gasteiger charge is 2.07. The Morgan fingerprint density at radius 3 is 2.83 bits per heavy atom. The molecule has 6 heteroatoms. The molecule has 2 N–H and O–H groups in total. The number of nitrogens with one attached hydrogen (secondary N) is 2. The number of carbonyl (C=O) groups is 1. The lowest BCUT2D eigenvalue weighted by atomic mass is 10.1. The van der Waals surface area contributed by atoms with E-state index in [9.17, 15) is 4.79 Å². The number of hydrogen-bond acceptors (Lipinski definition) is 5. The van der Waals surface area contributed by atoms with Crippen molar-refractivity contribution in [1.82, 2.24) is 14.7 Å². The molecule has 2 aromatic rings. The van der Waals surface area contributed by atoms with Crippen molar-refractivity contribution >= 4 is 22.6 Å². The van der Waals surface area contributed by atoms with Gasteiger partial charge in [0.1, 0.15) is 5.82 Å². The topological polar surface area (TPSA) is 66.9 Å². The van der Waals surface area contributed by atoms with E-state index in [-0.39, 0.29) is 12.5 Å². The van der Waals surface area contributed by atoms with Gasteiger partial charge in [0, 0.05) is 18.0 Å². The van der Waals surface area contributed by atoms with Crippen molar-refractivity contribution in [1.29, 1.82) is 0 Å². The van der Waals surface area contributed by atoms with E-state index in [1.165, 1.54) is 11.5 Å². The third-order valence-corrected chi connectivity index (χ3v) is 2.93. The van der Waals surface area contributed by atoms with Crippen LogP contribution in [-0.4, -0.2) is 28.9 Å². The molecule has 0 unspecified atom stereocenters. The first-order valence-corrected chi connectivity index (χ1v) is 6.36. The molecule has 18 heavy (non-hydrogen) atoms. The second-order valence-electron chi connectivity index (χ2n) is 3.76. The zero-order valence-electron chi connectivity index (χ0n) is 10.0. The fourth-order valence-electron chi connectivity index (χ4n) is 1.48. The molecule has 0 bridgehead atoms. The van der Waals surface area contributed by atoms with E-state index in [0.717, 1.165) is 11.4 Å². The maximum absolute atomic E-state index is 11.3. The van der Waals surface area contributed by atoms with Gasteiger partial charge in [0.25, 0.3) is 0 Å². The lowest BCUT2D eigenvalue weighted by Gasteiger charge is -1.98. The van der Waals surface area contributed by atoms with E-state index in [1.807, 2.05) is 30.3 Å². The second-order valence-corrected chi connectivity index (χ2v) is 4.51. The van der Waals surface area contributed by atoms with Crippen molar-refractivity contribution in [2.75, 3.05) is 18.9 Å². The van der Waals surface area contributed by atoms with Crippen LogP contribution in [-0.2, 0) is 11.2 Å². The van der Waals surface area contributed by atoms with Crippen LogP contribution in [0.25, 0.3) is 0 Å². The number of hydrogen-bond donors (Lipinski definition) is 2. The predicted molar refractivity (Wildman–Crippen MR) is 71.7 cm³/mol. The van der Waals surface area contributed by atoms with Gasteiger partial charge in [0.2, 0.25) is 11.0 Å². The molecule has 2 rings (SSSR count). The molecule has 0 aliphatic rings. The first-order valence-electron chi connectivity index (χ1n) is 5.59. The van der Waals surface area contributed by atoms with Crippen molar-refractivity contribution in [3.63, 3.8) is 0 Å². The number of amides is 1. The highest BCUT2D eigenvalue weighted by atomic mass is 32.1. The van der Waals surface area contributed by atoms with Crippen LogP contribution in [0.3, 0.4) is 0 Å². The highest BCUT2D eigenvalue weighted by molar-refractivity contribution is 7.09. The molecular formula is C12H14N4OS. The van der Waals surface area contributed by atoms with E-state index in [4.69, 9.17) is 0 Å². The summed E-state index contributed by atoms with van der Waals surface area (Å²) in [4.78, 5) is 15.6. The van der Waals surface area contributed by atoms with E-state index < -0.39 is 0 Å². The molecule has 0 saturated heterocycles. The Morgan fingerprint density at radius 2 is 2.11 bits per heavy atom. The van der Waals surface area contributed by atoms with Crippen molar-refractivity contribution in [2.24, 2.45) is 0 Å². The smallest absolute Gasteiger partial charge is 0.240 e. The number of nitrogens with zero attached hydrogens (tertiary/aromatic N) is 2. The van der Waals surface area contributed by atoms with Crippen LogP contribution in [0.1, 0.15) is 11.4 Å². The van der Waals surface area contributed by atoms with Gasteiger partial charge in [-0.2, -0.15) is 4.37 Å². The third-order valence-electron chi connectivity index (χ3n) is 2.26. The summed E-state index contributed by atoms with van der Waals surface area (Å²) in [5.41, 5.74) is 1.16. The Kier molecular flexibility index (Phi) is 4.38. The monoisotopic (exact) mass is 262 g/mol. The molecule has 1 amide bonds. The van der Waals surface area contributed by atoms with Crippen molar-refractivity contribution in [2.45, 2.75) is 6.42 Å². The number of likely N-dealkylation sites (N-methyl/N-ethyl adjacent to an activating group) is 1. The number of carbonyl (C=O) groups excluding carboxylic acids is 1. The molecule has 0 saturated carbocycles. The average molecular weight is 262 g/mol. The number of rotatable bonds is 5. The number of aromatic nitrogens is 2. The fraction of sp³-hybridized carbons (Fsp3) is 0.250. The molecule has 1 aromatic carbocycles. The van der Waals surface area contributed by atoms with Crippen LogP contribution in [0.4, 0.5) is 5.13 Å². The molecule has 5 nitrogen and oxygen atoms in total. The van der Waals surface area contributed by atoms with Gasteiger partial charge in [-0.05, 0) is 12.6 Å². The molecule has 94 valence electrons. The van der Waals surface area contributed by atoms with Gasteiger partial charge in [0.05, 0.1) is 6.54 Å². The Morgan fingerprint density at radius 1 is 1.33 bits per heavy atom. The maximum Gasteiger partial charge on any atom is 0.240 e. The molecule has 0 fully saturated rings. The van der Waals surface area contributed by atoms with Crippen LogP contribution in [0.2, 0.25) is 0 Å². The van der Waals surface area contributed by atoms with Crippen molar-refractivity contribution < 1.29 is 4.79 Å². The zero-order valence-corrected chi connectivity index (χ0v) is 10.8. The minimum absolute atomic E-state index is 0.111. The van der Waals surface area contributed by atoms with E-state index in [0.29, 0.717) is 11.6 Å². The van der Waals surface area contributed by atoms with Gasteiger partial charge in [-0.3, -0.25) is 10.1 Å². The van der Waals surface area contributed by atoms with Gasteiger partial charge >= 0.3 is 0 Å². The van der Waals surface area contributed by atoms with Gasteiger partial charge in [-0.25, -0.2) is 4.98 Å². The van der Waals surface area contributed by atoms with Crippen LogP contribution >= 0.6 is 11.5 Å². The van der Waals surface area contributed by atoms with E-state index in [2.05, 4.69) is 20.0 Å². The maximum atomic E-state index is 11.3. The largest absolute Gasteiger partial charge is 0.311 e. The molecule has 1 heterocycles. The van der Waals surface area contributed by atoms with Gasteiger partial charge in [-0.1, -0.05) is 30.3 Å². The molecular weight excluding hydrogens is 248 g/mol. The summed E-state index contributed by atoms with van der Waals surface area (Å²) < 4.78 is 4.22. The lowest BCUT2D eigenvalue weighted by Crippen LogP contribution is -2.24. The van der Waals surface area contributed by atoms with Crippen LogP contribution in [0.15, 0.2) is 30.3 Å². The quantitative estimate of drug-likeness (QED) is 0.852. The summed E-state index contributed by atoms with van der Waals surface area (Å²) >= 11 is 1.20. The van der Waals surface area contributed by atoms with Crippen LogP contribution < -0.4 is 10.6 Å². The SMILES string of the molecule is CNCC(=O)Nc1nc(Cc2ccccc2)ns1. The molecule has 0 aliphatic heterocycles. The number of benzene rings is 1. The summed E-state index contributed by atoms with van der Waals surface area (Å²) in [6, 6.07) is 10.00. The van der Waals surface area contributed by atoms with Gasteiger partial charge in [-0.15, -0.1) is 0 Å². The molecule has 0 spiro atoms. The standard InChI is InChI=1S/C12H14N4OS/c1-13-8-11(17)15-12-14-10(16-18-12)7-9-5-3-2-4-6-9/h2-6,13H,7-8H2,1H3,(H,14,15,16,17). The Balaban J connectivity index is 1.96. The van der Waals surface area contributed by atoms with Gasteiger partial charge in [0.15, 0.2) is 0 Å². The summed E-state index contributed by atoms with van der Waals surface area (Å²) in [5, 5.41) is 6.01. The first-order chi connectivity index (χ1) is 8.78. The zero-order chi connectivity index (χ0) is 12.8. The van der Waals surface area contributed by atoms with Crippen LogP contribution in [0.5, 0.6) is 0 Å². The summed E-state index contributed by atoms with van der Waals surface area (Å²) in [5.74, 6) is 0.617. The number of anilines is 1. The third kappa shape index (κ3) is 3.61. The van der Waals surface area contributed by atoms with Gasteiger partial charge < -0.3 is 5.32 Å². The molecule has 0 aliphatic carbocycles. The van der Waals surface area contributed by atoms with Crippen molar-refractivity contribution in [3.8, 4) is 0 Å². The highest BCUT2D eigenvalue weighted by Crippen LogP contribution is 2.13. The van der Waals surface area contributed by atoms with E-state index in [1.54, 1.807) is 7.05 Å². The summed E-state index contributed by atoms with van der Waals surface area (Å²) in [6.07, 6.45) is 0.680. The minimum Gasteiger partial charge on any atom is -0.311 e. The molecule has 0 radical (unpaired) electrons. The Bertz CT molecular complexity index is 512. The minimum atomic E-state index is -0.111. The molecule has 0 atom stereocenters. The Hall–Kier alpha value is -1.79. The summed E-state index contributed by atoms with van der Waals surface area (Å²) in [6.45, 7) is 0.271. The van der Waals surface area contributed by atoms with Crippen LogP contribution in [0, 0.1) is 0 Å². The molecule has 1 aromatic heterocycles. The summed E-state index contributed by atoms with van der Waals surface area (Å²) in [7, 11) is 1.72. The Labute approximate surface area is 109 Å². The predicted octanol–water partition coefficient (Wildman–Crippen LogP) is 1.29. The fourth-order valence-corrected chi connectivity index (χ4v) is 2.08. The lowest BCUT2D eigenvalue weighted by molar-refractivity contribution is -0.115. The normalized spacial score (nSPS) is 10.3. The first kappa shape index (κ1) is 12.7.